The normalized spacial score (nSPS) is 19.5. The molecule has 2 aliphatic rings. The second kappa shape index (κ2) is 10.4. The van der Waals surface area contributed by atoms with Crippen molar-refractivity contribution >= 4 is 40.1 Å². The van der Waals surface area contributed by atoms with Gasteiger partial charge < -0.3 is 10.2 Å². The van der Waals surface area contributed by atoms with Crippen LogP contribution in [0.3, 0.4) is 0 Å². The number of benzene rings is 1. The summed E-state index contributed by atoms with van der Waals surface area (Å²) in [6.45, 7) is 6.09. The van der Waals surface area contributed by atoms with E-state index in [-0.39, 0.29) is 11.8 Å². The molecule has 6 nitrogen and oxygen atoms in total. The summed E-state index contributed by atoms with van der Waals surface area (Å²) in [5, 5.41) is 2.96. The Hall–Kier alpha value is -1.19. The molecule has 1 N–H and O–H groups in total. The maximum Gasteiger partial charge on any atom is 0.238 e. The summed E-state index contributed by atoms with van der Waals surface area (Å²) < 4.78 is 1.10. The molecule has 2 aliphatic heterocycles. The molecule has 0 bridgehead atoms. The number of carbonyl (C=O) groups excluding carboxylic acids is 2. The van der Waals surface area contributed by atoms with Gasteiger partial charge in [0.1, 0.15) is 0 Å². The number of nitrogens with zero attached hydrogens (tertiary/aromatic N) is 3. The lowest BCUT2D eigenvalue weighted by Crippen LogP contribution is -2.51. The zero-order valence-corrected chi connectivity index (χ0v) is 18.0. The number of carbonyl (C=O) groups is 2. The van der Waals surface area contributed by atoms with Gasteiger partial charge in [0.25, 0.3) is 0 Å². The minimum Gasteiger partial charge on any atom is -0.342 e. The summed E-state index contributed by atoms with van der Waals surface area (Å²) in [6, 6.07) is 7.82. The molecule has 0 aliphatic carbocycles. The summed E-state index contributed by atoms with van der Waals surface area (Å²) in [7, 11) is 0. The van der Waals surface area contributed by atoms with Gasteiger partial charge in [-0.2, -0.15) is 0 Å². The Morgan fingerprint density at radius 3 is 2.15 bits per heavy atom. The summed E-state index contributed by atoms with van der Waals surface area (Å²) in [5.41, 5.74) is 0.841. The Labute approximate surface area is 175 Å². The lowest BCUT2D eigenvalue weighted by atomic mass is 10.2. The maximum absolute atomic E-state index is 12.5. The van der Waals surface area contributed by atoms with Gasteiger partial charge in [-0.1, -0.05) is 18.9 Å². The van der Waals surface area contributed by atoms with E-state index in [9.17, 15) is 9.59 Å². The summed E-state index contributed by atoms with van der Waals surface area (Å²) >= 11 is 2.24. The van der Waals surface area contributed by atoms with Crippen molar-refractivity contribution < 1.29 is 9.59 Å². The Bertz CT molecular complexity index is 639. The van der Waals surface area contributed by atoms with E-state index < -0.39 is 0 Å². The molecule has 0 unspecified atom stereocenters. The molecule has 1 aromatic carbocycles. The fourth-order valence-corrected chi connectivity index (χ4v) is 4.23. The average Bonchev–Trinajstić information content (AvgIpc) is 2.93. The third kappa shape index (κ3) is 6.73. The SMILES string of the molecule is O=C(CN1CCN(CC(=O)N2CCCCCC2)CC1)Nc1cccc(I)c1. The first-order chi connectivity index (χ1) is 13.1. The number of rotatable bonds is 5. The van der Waals surface area contributed by atoms with E-state index >= 15 is 0 Å². The van der Waals surface area contributed by atoms with Crippen LogP contribution in [0.2, 0.25) is 0 Å². The van der Waals surface area contributed by atoms with Crippen LogP contribution in [0.5, 0.6) is 0 Å². The molecule has 0 radical (unpaired) electrons. The first-order valence-electron chi connectivity index (χ1n) is 9.88. The molecule has 27 heavy (non-hydrogen) atoms. The van der Waals surface area contributed by atoms with Gasteiger partial charge in [0.2, 0.25) is 11.8 Å². The van der Waals surface area contributed by atoms with Crippen LogP contribution >= 0.6 is 22.6 Å². The molecule has 148 valence electrons. The molecular weight excluding hydrogens is 455 g/mol. The van der Waals surface area contributed by atoms with Gasteiger partial charge in [-0.05, 0) is 53.6 Å². The molecule has 3 rings (SSSR count). The van der Waals surface area contributed by atoms with Gasteiger partial charge in [-0.25, -0.2) is 0 Å². The molecule has 2 amide bonds. The van der Waals surface area contributed by atoms with Crippen molar-refractivity contribution in [3.63, 3.8) is 0 Å². The van der Waals surface area contributed by atoms with Crippen LogP contribution < -0.4 is 5.32 Å². The fraction of sp³-hybridized carbons (Fsp3) is 0.600. The second-order valence-electron chi connectivity index (χ2n) is 7.41. The summed E-state index contributed by atoms with van der Waals surface area (Å²) in [6.07, 6.45) is 4.75. The first-order valence-corrected chi connectivity index (χ1v) is 11.0. The van der Waals surface area contributed by atoms with Crippen molar-refractivity contribution in [1.82, 2.24) is 14.7 Å². The molecular formula is C20H29IN4O2. The number of piperazine rings is 1. The standard InChI is InChI=1S/C20H29IN4O2/c21-17-6-5-7-18(14-17)22-19(26)15-23-10-12-24(13-11-23)16-20(27)25-8-3-1-2-4-9-25/h5-7,14H,1-4,8-13,15-16H2,(H,22,26). The highest BCUT2D eigenvalue weighted by atomic mass is 127. The van der Waals surface area contributed by atoms with Crippen LogP contribution in [-0.2, 0) is 9.59 Å². The zero-order chi connectivity index (χ0) is 19.1. The van der Waals surface area contributed by atoms with Crippen LogP contribution in [0.4, 0.5) is 5.69 Å². The number of hydrogen-bond acceptors (Lipinski definition) is 4. The molecule has 2 heterocycles. The smallest absolute Gasteiger partial charge is 0.238 e. The zero-order valence-electron chi connectivity index (χ0n) is 15.8. The predicted octanol–water partition coefficient (Wildman–Crippen LogP) is 2.25. The summed E-state index contributed by atoms with van der Waals surface area (Å²) in [4.78, 5) is 31.2. The minimum absolute atomic E-state index is 0.0195. The van der Waals surface area contributed by atoms with Crippen LogP contribution in [0, 0.1) is 3.57 Å². The highest BCUT2D eigenvalue weighted by Gasteiger charge is 2.23. The van der Waals surface area contributed by atoms with E-state index in [1.165, 1.54) is 12.8 Å². The van der Waals surface area contributed by atoms with E-state index in [0.29, 0.717) is 13.1 Å². The molecule has 0 atom stereocenters. The highest BCUT2D eigenvalue weighted by Crippen LogP contribution is 2.13. The second-order valence-corrected chi connectivity index (χ2v) is 8.65. The Morgan fingerprint density at radius 1 is 0.889 bits per heavy atom. The Balaban J connectivity index is 1.38. The number of anilines is 1. The van der Waals surface area contributed by atoms with E-state index in [0.717, 1.165) is 61.4 Å². The molecule has 1 aromatic rings. The molecule has 7 heteroatoms. The van der Waals surface area contributed by atoms with Crippen molar-refractivity contribution in [3.05, 3.63) is 27.8 Å². The van der Waals surface area contributed by atoms with E-state index in [4.69, 9.17) is 0 Å². The molecule has 0 spiro atoms. The van der Waals surface area contributed by atoms with Gasteiger partial charge >= 0.3 is 0 Å². The quantitative estimate of drug-likeness (QED) is 0.652. The topological polar surface area (TPSA) is 55.9 Å². The van der Waals surface area contributed by atoms with Gasteiger partial charge in [-0.3, -0.25) is 19.4 Å². The third-order valence-electron chi connectivity index (χ3n) is 5.26. The fourth-order valence-electron chi connectivity index (χ4n) is 3.69. The largest absolute Gasteiger partial charge is 0.342 e. The van der Waals surface area contributed by atoms with E-state index in [2.05, 4.69) is 37.7 Å². The van der Waals surface area contributed by atoms with Crippen LogP contribution in [0.25, 0.3) is 0 Å². The molecule has 0 aromatic heterocycles. The van der Waals surface area contributed by atoms with Crippen LogP contribution in [-0.4, -0.2) is 78.9 Å². The van der Waals surface area contributed by atoms with Crippen molar-refractivity contribution in [2.45, 2.75) is 25.7 Å². The minimum atomic E-state index is 0.0195. The van der Waals surface area contributed by atoms with Gasteiger partial charge in [0.15, 0.2) is 0 Å². The van der Waals surface area contributed by atoms with Gasteiger partial charge in [0.05, 0.1) is 13.1 Å². The average molecular weight is 484 g/mol. The van der Waals surface area contributed by atoms with Crippen LogP contribution in [0.1, 0.15) is 25.7 Å². The number of likely N-dealkylation sites (tertiary alicyclic amines) is 1. The summed E-state index contributed by atoms with van der Waals surface area (Å²) in [5.74, 6) is 0.285. The lowest BCUT2D eigenvalue weighted by Gasteiger charge is -2.35. The molecule has 0 saturated carbocycles. The maximum atomic E-state index is 12.5. The van der Waals surface area contributed by atoms with E-state index in [1.54, 1.807) is 0 Å². The molecule has 2 fully saturated rings. The van der Waals surface area contributed by atoms with Gasteiger partial charge in [0, 0.05) is 48.5 Å². The number of hydrogen-bond donors (Lipinski definition) is 1. The van der Waals surface area contributed by atoms with Crippen molar-refractivity contribution in [2.75, 3.05) is 57.7 Å². The third-order valence-corrected chi connectivity index (χ3v) is 5.93. The monoisotopic (exact) mass is 484 g/mol. The van der Waals surface area contributed by atoms with E-state index in [1.807, 2.05) is 29.2 Å². The van der Waals surface area contributed by atoms with Crippen LogP contribution in [0.15, 0.2) is 24.3 Å². The Morgan fingerprint density at radius 2 is 1.52 bits per heavy atom. The number of amides is 2. The number of halogens is 1. The van der Waals surface area contributed by atoms with Crippen molar-refractivity contribution in [2.24, 2.45) is 0 Å². The Kier molecular flexibility index (Phi) is 7.90. The number of nitrogens with one attached hydrogen (secondary N) is 1. The van der Waals surface area contributed by atoms with Crippen molar-refractivity contribution in [1.29, 1.82) is 0 Å². The van der Waals surface area contributed by atoms with Gasteiger partial charge in [-0.15, -0.1) is 0 Å². The predicted molar refractivity (Wildman–Crippen MR) is 116 cm³/mol. The van der Waals surface area contributed by atoms with Crippen molar-refractivity contribution in [3.8, 4) is 0 Å². The molecule has 2 saturated heterocycles. The highest BCUT2D eigenvalue weighted by molar-refractivity contribution is 14.1. The lowest BCUT2D eigenvalue weighted by molar-refractivity contribution is -0.133. The first kappa shape index (κ1) is 20.5.